The summed E-state index contributed by atoms with van der Waals surface area (Å²) in [5.74, 6) is -1.69. The number of Topliss-reactive ketones (excluding diaryl/α,β-unsaturated/α-hetero) is 1. The van der Waals surface area contributed by atoms with E-state index in [9.17, 15) is 19.8 Å². The van der Waals surface area contributed by atoms with Gasteiger partial charge in [-0.15, -0.1) is 0 Å². The molecule has 0 spiro atoms. The zero-order valence-corrected chi connectivity index (χ0v) is 16.6. The van der Waals surface area contributed by atoms with Gasteiger partial charge in [0.25, 0.3) is 11.7 Å². The first kappa shape index (κ1) is 19.3. The molecule has 1 heterocycles. The Hall–Kier alpha value is -2.44. The lowest BCUT2D eigenvalue weighted by Crippen LogP contribution is -2.35. The first-order valence-corrected chi connectivity index (χ1v) is 9.38. The van der Waals surface area contributed by atoms with Crippen LogP contribution < -0.4 is 0 Å². The topological polar surface area (TPSA) is 77.8 Å². The Morgan fingerprint density at radius 2 is 1.70 bits per heavy atom. The molecule has 0 bridgehead atoms. The Labute approximate surface area is 166 Å². The summed E-state index contributed by atoms with van der Waals surface area (Å²) in [5, 5.41) is 20.7. The number of amides is 1. The normalized spacial score (nSPS) is 20.1. The van der Waals surface area contributed by atoms with Crippen LogP contribution in [-0.2, 0) is 9.59 Å². The van der Waals surface area contributed by atoms with Crippen LogP contribution in [0.3, 0.4) is 0 Å². The first-order chi connectivity index (χ1) is 12.8. The van der Waals surface area contributed by atoms with E-state index in [-0.39, 0.29) is 17.9 Å². The summed E-state index contributed by atoms with van der Waals surface area (Å²) >= 11 is 3.37. The van der Waals surface area contributed by atoms with Crippen LogP contribution in [0.15, 0.2) is 58.6 Å². The highest BCUT2D eigenvalue weighted by molar-refractivity contribution is 9.10. The lowest BCUT2D eigenvalue weighted by Gasteiger charge is -2.26. The second-order valence-electron chi connectivity index (χ2n) is 6.72. The SMILES string of the molecule is Cc1ccc(C(O)=C2C(=O)C(=O)N(C[C@@H](C)O)[C@H]2c2ccc(Br)cc2)cc1. The molecule has 27 heavy (non-hydrogen) atoms. The minimum absolute atomic E-state index is 0.00399. The van der Waals surface area contributed by atoms with Crippen molar-refractivity contribution in [1.29, 1.82) is 0 Å². The molecule has 1 saturated heterocycles. The number of benzene rings is 2. The van der Waals surface area contributed by atoms with Crippen molar-refractivity contribution in [2.75, 3.05) is 6.54 Å². The number of likely N-dealkylation sites (tertiary alicyclic amines) is 1. The number of ketones is 1. The predicted molar refractivity (Wildman–Crippen MR) is 106 cm³/mol. The van der Waals surface area contributed by atoms with E-state index in [1.807, 2.05) is 31.2 Å². The number of hydrogen-bond acceptors (Lipinski definition) is 4. The van der Waals surface area contributed by atoms with Gasteiger partial charge in [0.1, 0.15) is 5.76 Å². The Kier molecular flexibility index (Phi) is 5.48. The number of carbonyl (C=O) groups excluding carboxylic acids is 2. The highest BCUT2D eigenvalue weighted by Crippen LogP contribution is 2.39. The lowest BCUT2D eigenvalue weighted by molar-refractivity contribution is -0.140. The maximum Gasteiger partial charge on any atom is 0.295 e. The summed E-state index contributed by atoms with van der Waals surface area (Å²) in [7, 11) is 0. The van der Waals surface area contributed by atoms with Gasteiger partial charge in [0, 0.05) is 16.6 Å². The van der Waals surface area contributed by atoms with Crippen molar-refractivity contribution in [1.82, 2.24) is 4.90 Å². The number of carbonyl (C=O) groups is 2. The zero-order chi connectivity index (χ0) is 19.7. The molecule has 0 aromatic heterocycles. The van der Waals surface area contributed by atoms with Gasteiger partial charge in [-0.05, 0) is 31.5 Å². The molecule has 140 valence electrons. The van der Waals surface area contributed by atoms with Crippen molar-refractivity contribution in [3.63, 3.8) is 0 Å². The minimum Gasteiger partial charge on any atom is -0.507 e. The smallest absolute Gasteiger partial charge is 0.295 e. The van der Waals surface area contributed by atoms with Crippen LogP contribution in [0.5, 0.6) is 0 Å². The lowest BCUT2D eigenvalue weighted by atomic mass is 9.95. The maximum absolute atomic E-state index is 12.7. The molecule has 2 atom stereocenters. The summed E-state index contributed by atoms with van der Waals surface area (Å²) < 4.78 is 0.859. The summed E-state index contributed by atoms with van der Waals surface area (Å²) in [6.07, 6.45) is -0.805. The van der Waals surface area contributed by atoms with E-state index < -0.39 is 23.8 Å². The van der Waals surface area contributed by atoms with Gasteiger partial charge in [0.15, 0.2) is 0 Å². The molecule has 1 fully saturated rings. The van der Waals surface area contributed by atoms with Crippen LogP contribution in [-0.4, -0.2) is 39.5 Å². The van der Waals surface area contributed by atoms with E-state index in [4.69, 9.17) is 0 Å². The molecule has 0 radical (unpaired) electrons. The number of nitrogens with zero attached hydrogens (tertiary/aromatic N) is 1. The molecular formula is C21H20BrNO4. The quantitative estimate of drug-likeness (QED) is 0.442. The molecule has 1 aliphatic heterocycles. The maximum atomic E-state index is 12.7. The number of rotatable bonds is 4. The van der Waals surface area contributed by atoms with Gasteiger partial charge in [0.05, 0.1) is 17.7 Å². The van der Waals surface area contributed by atoms with E-state index in [2.05, 4.69) is 15.9 Å². The fourth-order valence-corrected chi connectivity index (χ4v) is 3.48. The second kappa shape index (κ2) is 7.66. The average Bonchev–Trinajstić information content (AvgIpc) is 2.87. The Morgan fingerprint density at radius 1 is 1.11 bits per heavy atom. The summed E-state index contributed by atoms with van der Waals surface area (Å²) in [5.41, 5.74) is 2.21. The largest absolute Gasteiger partial charge is 0.507 e. The van der Waals surface area contributed by atoms with Crippen molar-refractivity contribution >= 4 is 33.4 Å². The number of halogens is 1. The van der Waals surface area contributed by atoms with Gasteiger partial charge in [0.2, 0.25) is 0 Å². The number of hydrogen-bond donors (Lipinski definition) is 2. The van der Waals surface area contributed by atoms with Crippen molar-refractivity contribution < 1.29 is 19.8 Å². The highest BCUT2D eigenvalue weighted by Gasteiger charge is 2.46. The van der Waals surface area contributed by atoms with E-state index in [1.54, 1.807) is 31.2 Å². The molecule has 6 heteroatoms. The molecule has 2 N–H and O–H groups in total. The predicted octanol–water partition coefficient (Wildman–Crippen LogP) is 3.56. The standard InChI is InChI=1S/C21H20BrNO4/c1-12-3-5-15(6-4-12)19(25)17-18(14-7-9-16(22)10-8-14)23(11-13(2)24)21(27)20(17)26/h3-10,13,18,24-25H,11H2,1-2H3/t13-,18+/m1/s1. The molecule has 5 nitrogen and oxygen atoms in total. The van der Waals surface area contributed by atoms with Crippen LogP contribution in [0.25, 0.3) is 5.76 Å². The minimum atomic E-state index is -0.805. The van der Waals surface area contributed by atoms with Crippen LogP contribution in [0, 0.1) is 6.92 Å². The third-order valence-electron chi connectivity index (χ3n) is 4.51. The number of aliphatic hydroxyl groups excluding tert-OH is 2. The van der Waals surface area contributed by atoms with Crippen LogP contribution in [0.4, 0.5) is 0 Å². The third-order valence-corrected chi connectivity index (χ3v) is 5.04. The van der Waals surface area contributed by atoms with Crippen molar-refractivity contribution in [2.45, 2.75) is 26.0 Å². The molecule has 2 aromatic rings. The Bertz CT molecular complexity index is 901. The molecule has 0 aliphatic carbocycles. The first-order valence-electron chi connectivity index (χ1n) is 8.58. The van der Waals surface area contributed by atoms with Crippen molar-refractivity contribution in [3.05, 3.63) is 75.3 Å². The summed E-state index contributed by atoms with van der Waals surface area (Å²) in [6.45, 7) is 3.47. The van der Waals surface area contributed by atoms with Crippen molar-refractivity contribution in [3.8, 4) is 0 Å². The highest BCUT2D eigenvalue weighted by atomic mass is 79.9. The number of aryl methyl sites for hydroxylation is 1. The van der Waals surface area contributed by atoms with Crippen LogP contribution >= 0.6 is 15.9 Å². The molecular weight excluding hydrogens is 410 g/mol. The van der Waals surface area contributed by atoms with E-state index in [0.717, 1.165) is 10.0 Å². The second-order valence-corrected chi connectivity index (χ2v) is 7.63. The third kappa shape index (κ3) is 3.82. The summed E-state index contributed by atoms with van der Waals surface area (Å²) in [6, 6.07) is 13.5. The molecule has 1 amide bonds. The molecule has 1 aliphatic rings. The number of β-amino-alcohol motifs (C(OH)–C–C–N with tert-alkyl or cyclic N) is 1. The fourth-order valence-electron chi connectivity index (χ4n) is 3.21. The van der Waals surface area contributed by atoms with E-state index in [0.29, 0.717) is 11.1 Å². The molecule has 2 aromatic carbocycles. The van der Waals surface area contributed by atoms with Crippen LogP contribution in [0.1, 0.15) is 29.7 Å². The van der Waals surface area contributed by atoms with Gasteiger partial charge in [-0.25, -0.2) is 0 Å². The van der Waals surface area contributed by atoms with E-state index >= 15 is 0 Å². The number of aliphatic hydroxyl groups is 2. The van der Waals surface area contributed by atoms with Crippen molar-refractivity contribution in [2.24, 2.45) is 0 Å². The van der Waals surface area contributed by atoms with Gasteiger partial charge in [-0.1, -0.05) is 57.9 Å². The summed E-state index contributed by atoms with van der Waals surface area (Å²) in [4.78, 5) is 26.6. The fraction of sp³-hybridized carbons (Fsp3) is 0.238. The van der Waals surface area contributed by atoms with Gasteiger partial charge in [-0.3, -0.25) is 9.59 Å². The molecule has 0 saturated carbocycles. The Balaban J connectivity index is 2.17. The van der Waals surface area contributed by atoms with E-state index in [1.165, 1.54) is 4.90 Å². The Morgan fingerprint density at radius 3 is 2.26 bits per heavy atom. The van der Waals surface area contributed by atoms with Gasteiger partial charge < -0.3 is 15.1 Å². The average molecular weight is 430 g/mol. The zero-order valence-electron chi connectivity index (χ0n) is 15.0. The van der Waals surface area contributed by atoms with Gasteiger partial charge in [-0.2, -0.15) is 0 Å². The molecule has 0 unspecified atom stereocenters. The monoisotopic (exact) mass is 429 g/mol. The van der Waals surface area contributed by atoms with Gasteiger partial charge >= 0.3 is 0 Å². The van der Waals surface area contributed by atoms with Crippen LogP contribution in [0.2, 0.25) is 0 Å². The molecule has 3 rings (SSSR count).